The maximum atomic E-state index is 5.68. The normalized spacial score (nSPS) is 36.3. The molecule has 0 radical (unpaired) electrons. The Bertz CT molecular complexity index is 90.9. The molecule has 0 aromatic carbocycles. The van der Waals surface area contributed by atoms with Gasteiger partial charge in [0, 0.05) is 0 Å². The van der Waals surface area contributed by atoms with E-state index in [4.69, 9.17) is 5.73 Å². The first-order valence-electron chi connectivity index (χ1n) is 4.45. The van der Waals surface area contributed by atoms with Gasteiger partial charge in [-0.1, -0.05) is 33.1 Å². The molecule has 2 N–H and O–H groups in total. The van der Waals surface area contributed by atoms with Gasteiger partial charge in [0.2, 0.25) is 0 Å². The van der Waals surface area contributed by atoms with Crippen LogP contribution in [-0.2, 0) is 0 Å². The van der Waals surface area contributed by atoms with Gasteiger partial charge in [0.25, 0.3) is 0 Å². The van der Waals surface area contributed by atoms with Crippen LogP contribution in [0.2, 0.25) is 0 Å². The van der Waals surface area contributed by atoms with Gasteiger partial charge in [-0.2, -0.15) is 0 Å². The highest BCUT2D eigenvalue weighted by Crippen LogP contribution is 2.33. The van der Waals surface area contributed by atoms with Crippen LogP contribution in [0.3, 0.4) is 0 Å². The summed E-state index contributed by atoms with van der Waals surface area (Å²) in [5.74, 6) is 2.54. The molecule has 1 heteroatoms. The summed E-state index contributed by atoms with van der Waals surface area (Å²) >= 11 is 0. The Morgan fingerprint density at radius 3 is 2.00 bits per heavy atom. The molecule has 60 valence electrons. The smallest absolute Gasteiger partial charge is 0.00438 e. The molecule has 0 heterocycles. The zero-order valence-corrected chi connectivity index (χ0v) is 7.14. The van der Waals surface area contributed by atoms with Gasteiger partial charge in [-0.05, 0) is 24.3 Å². The molecule has 0 aliphatic heterocycles. The van der Waals surface area contributed by atoms with Gasteiger partial charge in [0.15, 0.2) is 0 Å². The third-order valence-electron chi connectivity index (χ3n) is 3.05. The lowest BCUT2D eigenvalue weighted by Crippen LogP contribution is -2.31. The van der Waals surface area contributed by atoms with Gasteiger partial charge < -0.3 is 5.73 Å². The third kappa shape index (κ3) is 1.51. The van der Waals surface area contributed by atoms with E-state index in [-0.39, 0.29) is 0 Å². The predicted octanol–water partition coefficient (Wildman–Crippen LogP) is 2.02. The second-order valence-electron chi connectivity index (χ2n) is 3.79. The van der Waals surface area contributed by atoms with Crippen LogP contribution in [0.4, 0.5) is 0 Å². The second-order valence-corrected chi connectivity index (χ2v) is 3.79. The fourth-order valence-electron chi connectivity index (χ4n) is 2.22. The molecule has 1 rings (SSSR count). The number of rotatable bonds is 1. The summed E-state index contributed by atoms with van der Waals surface area (Å²) in [6, 6.07) is 0. The molecule has 0 saturated heterocycles. The zero-order chi connectivity index (χ0) is 7.56. The highest BCUT2D eigenvalue weighted by atomic mass is 14.6. The van der Waals surface area contributed by atoms with Crippen molar-refractivity contribution >= 4 is 0 Å². The first-order valence-corrected chi connectivity index (χ1v) is 4.45. The van der Waals surface area contributed by atoms with E-state index in [1.54, 1.807) is 0 Å². The Labute approximate surface area is 64.0 Å². The average molecular weight is 141 g/mol. The van der Waals surface area contributed by atoms with Crippen LogP contribution in [0.1, 0.15) is 33.1 Å². The maximum Gasteiger partial charge on any atom is -0.00438 e. The van der Waals surface area contributed by atoms with Crippen LogP contribution in [0.15, 0.2) is 0 Å². The second kappa shape index (κ2) is 3.38. The van der Waals surface area contributed by atoms with E-state index in [9.17, 15) is 0 Å². The van der Waals surface area contributed by atoms with Crippen molar-refractivity contribution in [1.29, 1.82) is 0 Å². The largest absolute Gasteiger partial charge is 0.330 e. The fourth-order valence-corrected chi connectivity index (χ4v) is 2.22. The molecule has 1 nitrogen and oxygen atoms in total. The van der Waals surface area contributed by atoms with E-state index in [0.717, 1.165) is 24.3 Å². The minimum Gasteiger partial charge on any atom is -0.330 e. The van der Waals surface area contributed by atoms with Crippen molar-refractivity contribution in [3.05, 3.63) is 0 Å². The van der Waals surface area contributed by atoms with Crippen molar-refractivity contribution in [1.82, 2.24) is 0 Å². The van der Waals surface area contributed by atoms with Crippen LogP contribution in [0.25, 0.3) is 0 Å². The molecule has 0 bridgehead atoms. The molecule has 1 fully saturated rings. The maximum absolute atomic E-state index is 5.68. The summed E-state index contributed by atoms with van der Waals surface area (Å²) in [5.41, 5.74) is 5.68. The topological polar surface area (TPSA) is 26.0 Å². The first-order chi connectivity index (χ1) is 4.75. The van der Waals surface area contributed by atoms with Gasteiger partial charge in [0.1, 0.15) is 0 Å². The van der Waals surface area contributed by atoms with E-state index in [1.165, 1.54) is 19.3 Å². The van der Waals surface area contributed by atoms with Gasteiger partial charge in [0.05, 0.1) is 0 Å². The van der Waals surface area contributed by atoms with Gasteiger partial charge in [-0.15, -0.1) is 0 Å². The monoisotopic (exact) mass is 141 g/mol. The molecule has 1 aliphatic carbocycles. The Morgan fingerprint density at radius 2 is 1.70 bits per heavy atom. The Hall–Kier alpha value is -0.0400. The molecule has 0 aromatic rings. The minimum atomic E-state index is 0.800. The lowest BCUT2D eigenvalue weighted by atomic mass is 9.74. The van der Waals surface area contributed by atoms with Gasteiger partial charge in [-0.3, -0.25) is 0 Å². The molecule has 0 aromatic heterocycles. The zero-order valence-electron chi connectivity index (χ0n) is 7.14. The lowest BCUT2D eigenvalue weighted by molar-refractivity contribution is 0.186. The van der Waals surface area contributed by atoms with Crippen LogP contribution >= 0.6 is 0 Å². The fraction of sp³-hybridized carbons (Fsp3) is 1.00. The van der Waals surface area contributed by atoms with E-state index < -0.39 is 0 Å². The van der Waals surface area contributed by atoms with Crippen LogP contribution < -0.4 is 5.73 Å². The van der Waals surface area contributed by atoms with Crippen LogP contribution in [0.5, 0.6) is 0 Å². The van der Waals surface area contributed by atoms with Crippen molar-refractivity contribution in [3.63, 3.8) is 0 Å². The van der Waals surface area contributed by atoms with Crippen molar-refractivity contribution in [3.8, 4) is 0 Å². The summed E-state index contributed by atoms with van der Waals surface area (Å²) in [6.07, 6.45) is 4.21. The summed E-state index contributed by atoms with van der Waals surface area (Å²) in [5, 5.41) is 0. The SMILES string of the molecule is C[C@H]1CCC[C@H](C)C1CN. The molecular weight excluding hydrogens is 122 g/mol. The Kier molecular flexibility index (Phi) is 2.72. The molecule has 0 spiro atoms. The number of nitrogens with two attached hydrogens (primary N) is 1. The average Bonchev–Trinajstić information content (AvgIpc) is 1.88. The molecule has 1 aliphatic rings. The molecule has 1 saturated carbocycles. The molecule has 0 amide bonds. The van der Waals surface area contributed by atoms with E-state index >= 15 is 0 Å². The molecule has 10 heavy (non-hydrogen) atoms. The standard InChI is InChI=1S/C9H19N/c1-7-4-3-5-8(2)9(7)6-10/h7-9H,3-6,10H2,1-2H3/t7-,8-/m0/s1. The Morgan fingerprint density at radius 1 is 1.20 bits per heavy atom. The predicted molar refractivity (Wildman–Crippen MR) is 44.7 cm³/mol. The summed E-state index contributed by atoms with van der Waals surface area (Å²) < 4.78 is 0. The van der Waals surface area contributed by atoms with E-state index in [0.29, 0.717) is 0 Å². The minimum absolute atomic E-state index is 0.800. The summed E-state index contributed by atoms with van der Waals surface area (Å²) in [4.78, 5) is 0. The number of hydrogen-bond acceptors (Lipinski definition) is 1. The van der Waals surface area contributed by atoms with E-state index in [2.05, 4.69) is 13.8 Å². The lowest BCUT2D eigenvalue weighted by Gasteiger charge is -2.33. The van der Waals surface area contributed by atoms with Crippen molar-refractivity contribution in [2.45, 2.75) is 33.1 Å². The third-order valence-corrected chi connectivity index (χ3v) is 3.05. The van der Waals surface area contributed by atoms with Crippen molar-refractivity contribution in [2.75, 3.05) is 6.54 Å². The Balaban J connectivity index is 2.45. The van der Waals surface area contributed by atoms with Gasteiger partial charge in [-0.25, -0.2) is 0 Å². The highest BCUT2D eigenvalue weighted by Gasteiger charge is 2.25. The highest BCUT2D eigenvalue weighted by molar-refractivity contribution is 4.77. The quantitative estimate of drug-likeness (QED) is 0.594. The van der Waals surface area contributed by atoms with Crippen LogP contribution in [0, 0.1) is 17.8 Å². The van der Waals surface area contributed by atoms with Gasteiger partial charge >= 0.3 is 0 Å². The molecule has 2 atom stereocenters. The molecular formula is C9H19N. The first kappa shape index (κ1) is 8.06. The molecule has 0 unspecified atom stereocenters. The van der Waals surface area contributed by atoms with Crippen molar-refractivity contribution < 1.29 is 0 Å². The summed E-state index contributed by atoms with van der Waals surface area (Å²) in [6.45, 7) is 5.57. The van der Waals surface area contributed by atoms with Crippen LogP contribution in [-0.4, -0.2) is 6.54 Å². The number of hydrogen-bond donors (Lipinski definition) is 1. The summed E-state index contributed by atoms with van der Waals surface area (Å²) in [7, 11) is 0. The van der Waals surface area contributed by atoms with E-state index in [1.807, 2.05) is 0 Å². The van der Waals surface area contributed by atoms with Crippen molar-refractivity contribution in [2.24, 2.45) is 23.5 Å².